The van der Waals surface area contributed by atoms with Gasteiger partial charge in [0.25, 0.3) is 11.8 Å². The van der Waals surface area contributed by atoms with Crippen molar-refractivity contribution in [2.24, 2.45) is 0 Å². The highest BCUT2D eigenvalue weighted by Crippen LogP contribution is 2.33. The minimum absolute atomic E-state index is 0.0990. The first kappa shape index (κ1) is 28.7. The molecule has 0 fully saturated rings. The Bertz CT molecular complexity index is 1470. The summed E-state index contributed by atoms with van der Waals surface area (Å²) in [5.41, 5.74) is 5.23. The maximum Gasteiger partial charge on any atom is 0.263 e. The van der Waals surface area contributed by atoms with E-state index < -0.39 is 17.5 Å². The topological polar surface area (TPSA) is 93.6 Å². The molecule has 206 valence electrons. The molecule has 40 heavy (non-hydrogen) atoms. The summed E-state index contributed by atoms with van der Waals surface area (Å²) in [6, 6.07) is 18.0. The Morgan fingerprint density at radius 3 is 2.50 bits per heavy atom. The molecule has 0 saturated heterocycles. The van der Waals surface area contributed by atoms with Crippen LogP contribution >= 0.6 is 11.8 Å². The Morgan fingerprint density at radius 2 is 1.80 bits per heavy atom. The zero-order valence-corrected chi connectivity index (χ0v) is 22.6. The lowest BCUT2D eigenvalue weighted by molar-refractivity contribution is -0.132. The number of nitrogens with zero attached hydrogens (tertiary/aromatic N) is 3. The summed E-state index contributed by atoms with van der Waals surface area (Å²) in [4.78, 5) is 40.2. The predicted octanol–water partition coefficient (Wildman–Crippen LogP) is 5.04. The molecule has 0 aliphatic heterocycles. The molecule has 8 nitrogen and oxygen atoms in total. The third kappa shape index (κ3) is 7.39. The zero-order valence-electron chi connectivity index (χ0n) is 21.8. The van der Waals surface area contributed by atoms with E-state index >= 15 is 0 Å². The smallest absolute Gasteiger partial charge is 0.263 e. The van der Waals surface area contributed by atoms with Gasteiger partial charge in [-0.1, -0.05) is 24.3 Å². The Morgan fingerprint density at radius 1 is 1.02 bits per heavy atom. The van der Waals surface area contributed by atoms with E-state index in [9.17, 15) is 18.4 Å². The molecule has 0 bridgehead atoms. The second kappa shape index (κ2) is 13.6. The summed E-state index contributed by atoms with van der Waals surface area (Å²) in [5, 5.41) is 0. The quantitative estimate of drug-likeness (QED) is 0.201. The molecule has 0 atom stereocenters. The van der Waals surface area contributed by atoms with Crippen LogP contribution in [0.5, 0.6) is 5.75 Å². The van der Waals surface area contributed by atoms with Gasteiger partial charge in [0, 0.05) is 16.7 Å². The van der Waals surface area contributed by atoms with E-state index in [1.165, 1.54) is 42.2 Å². The van der Waals surface area contributed by atoms with Crippen LogP contribution in [0, 0.1) is 11.6 Å². The minimum atomic E-state index is -0.905. The second-order valence-electron chi connectivity index (χ2n) is 8.57. The third-order valence-electron chi connectivity index (χ3n) is 5.82. The number of nitrogens with one attached hydrogen (secondary N) is 1. The molecule has 0 saturated carbocycles. The van der Waals surface area contributed by atoms with E-state index in [1.807, 2.05) is 6.07 Å². The number of hydrogen-bond donors (Lipinski definition) is 1. The maximum absolute atomic E-state index is 13.8. The predicted molar refractivity (Wildman–Crippen MR) is 146 cm³/mol. The fourth-order valence-electron chi connectivity index (χ4n) is 3.92. The molecular formula is C29H26F2N4O4S. The lowest BCUT2D eigenvalue weighted by atomic mass is 10.1. The summed E-state index contributed by atoms with van der Waals surface area (Å²) >= 11 is 1.33. The number of benzene rings is 3. The van der Waals surface area contributed by atoms with Gasteiger partial charge in [0.15, 0.2) is 11.6 Å². The summed E-state index contributed by atoms with van der Waals surface area (Å²) in [5.74, 6) is -2.08. The zero-order chi connectivity index (χ0) is 28.5. The average Bonchev–Trinajstić information content (AvgIpc) is 2.97. The molecule has 11 heteroatoms. The fourth-order valence-corrected chi connectivity index (χ4v) is 4.54. The standard InChI is InChI=1S/C29H26F2N4O4S/c1-38-34-28(36)16-35(15-22-10-11-32-18-33-22)29(37)21-5-3-4-19(12-21)17-39-23-8-6-20(7-9-23)24-13-25(30)26(31)14-27(24)40-2/h3-14,18H,15-17H2,1-2H3,(H,34,36). The Hall–Kier alpha value is -4.35. The van der Waals surface area contributed by atoms with Crippen molar-refractivity contribution in [2.45, 2.75) is 18.0 Å². The number of halogens is 2. The normalized spacial score (nSPS) is 10.7. The van der Waals surface area contributed by atoms with Crippen molar-refractivity contribution in [3.05, 3.63) is 108 Å². The molecule has 1 heterocycles. The van der Waals surface area contributed by atoms with Crippen molar-refractivity contribution in [2.75, 3.05) is 19.9 Å². The Labute approximate surface area is 234 Å². The molecule has 1 aromatic heterocycles. The Balaban J connectivity index is 1.46. The minimum Gasteiger partial charge on any atom is -0.489 e. The first-order chi connectivity index (χ1) is 19.4. The van der Waals surface area contributed by atoms with Crippen LogP contribution in [0.1, 0.15) is 21.6 Å². The van der Waals surface area contributed by atoms with Crippen LogP contribution in [-0.2, 0) is 22.8 Å². The van der Waals surface area contributed by atoms with Gasteiger partial charge in [-0.2, -0.15) is 0 Å². The molecule has 0 aliphatic rings. The van der Waals surface area contributed by atoms with Crippen molar-refractivity contribution < 1.29 is 27.9 Å². The van der Waals surface area contributed by atoms with Crippen molar-refractivity contribution in [1.82, 2.24) is 20.3 Å². The molecule has 0 radical (unpaired) electrons. The van der Waals surface area contributed by atoms with Crippen LogP contribution in [-0.4, -0.2) is 46.6 Å². The van der Waals surface area contributed by atoms with E-state index in [0.29, 0.717) is 27.5 Å². The van der Waals surface area contributed by atoms with E-state index in [-0.39, 0.29) is 25.6 Å². The summed E-state index contributed by atoms with van der Waals surface area (Å²) in [6.45, 7) is 0.0412. The van der Waals surface area contributed by atoms with Crippen molar-refractivity contribution in [3.63, 3.8) is 0 Å². The fraction of sp³-hybridized carbons (Fsp3) is 0.172. The van der Waals surface area contributed by atoms with Crippen LogP contribution < -0.4 is 10.2 Å². The van der Waals surface area contributed by atoms with Gasteiger partial charge in [-0.3, -0.25) is 14.4 Å². The second-order valence-corrected chi connectivity index (χ2v) is 9.42. The van der Waals surface area contributed by atoms with Crippen LogP contribution in [0.4, 0.5) is 8.78 Å². The van der Waals surface area contributed by atoms with Gasteiger partial charge >= 0.3 is 0 Å². The van der Waals surface area contributed by atoms with Crippen LogP contribution in [0.3, 0.4) is 0 Å². The van der Waals surface area contributed by atoms with Crippen molar-refractivity contribution in [3.8, 4) is 16.9 Å². The SMILES string of the molecule is CONC(=O)CN(Cc1ccncn1)C(=O)c1cccc(COc2ccc(-c3cc(F)c(F)cc3SC)cc2)c1. The molecule has 4 aromatic rings. The summed E-state index contributed by atoms with van der Waals surface area (Å²) in [6.07, 6.45) is 4.73. The van der Waals surface area contributed by atoms with Gasteiger partial charge in [-0.25, -0.2) is 24.2 Å². The molecule has 0 unspecified atom stereocenters. The van der Waals surface area contributed by atoms with E-state index in [0.717, 1.165) is 11.1 Å². The first-order valence-corrected chi connectivity index (χ1v) is 13.3. The van der Waals surface area contributed by atoms with Gasteiger partial charge in [0.2, 0.25) is 0 Å². The molecule has 3 aromatic carbocycles. The van der Waals surface area contributed by atoms with Gasteiger partial charge in [0.1, 0.15) is 25.2 Å². The maximum atomic E-state index is 13.8. The van der Waals surface area contributed by atoms with E-state index in [2.05, 4.69) is 20.3 Å². The van der Waals surface area contributed by atoms with Crippen LogP contribution in [0.15, 0.2) is 84.1 Å². The number of thioether (sulfide) groups is 1. The number of hydroxylamine groups is 1. The average molecular weight is 565 g/mol. The highest BCUT2D eigenvalue weighted by Gasteiger charge is 2.20. The Kier molecular flexibility index (Phi) is 9.76. The van der Waals surface area contributed by atoms with Gasteiger partial charge in [-0.05, 0) is 65.4 Å². The number of aromatic nitrogens is 2. The number of rotatable bonds is 11. The van der Waals surface area contributed by atoms with Crippen molar-refractivity contribution in [1.29, 1.82) is 0 Å². The summed E-state index contributed by atoms with van der Waals surface area (Å²) in [7, 11) is 1.32. The molecule has 2 amide bonds. The number of carbonyl (C=O) groups is 2. The first-order valence-electron chi connectivity index (χ1n) is 12.1. The number of carbonyl (C=O) groups excluding carboxylic acids is 2. The monoisotopic (exact) mass is 564 g/mol. The molecule has 1 N–H and O–H groups in total. The largest absolute Gasteiger partial charge is 0.489 e. The number of hydrogen-bond acceptors (Lipinski definition) is 7. The lowest BCUT2D eigenvalue weighted by Crippen LogP contribution is -2.40. The molecule has 0 aliphatic carbocycles. The lowest BCUT2D eigenvalue weighted by Gasteiger charge is -2.22. The third-order valence-corrected chi connectivity index (χ3v) is 6.60. The van der Waals surface area contributed by atoms with Gasteiger partial charge in [0.05, 0.1) is 19.3 Å². The van der Waals surface area contributed by atoms with Crippen LogP contribution in [0.2, 0.25) is 0 Å². The highest BCUT2D eigenvalue weighted by molar-refractivity contribution is 7.98. The summed E-state index contributed by atoms with van der Waals surface area (Å²) < 4.78 is 33.4. The molecule has 0 spiro atoms. The van der Waals surface area contributed by atoms with Crippen LogP contribution in [0.25, 0.3) is 11.1 Å². The number of amides is 2. The molecule has 4 rings (SSSR count). The highest BCUT2D eigenvalue weighted by atomic mass is 32.2. The molecular weight excluding hydrogens is 538 g/mol. The van der Waals surface area contributed by atoms with E-state index in [1.54, 1.807) is 61.0 Å². The van der Waals surface area contributed by atoms with E-state index in [4.69, 9.17) is 4.74 Å². The van der Waals surface area contributed by atoms with Gasteiger partial charge < -0.3 is 9.64 Å². The van der Waals surface area contributed by atoms with Gasteiger partial charge in [-0.15, -0.1) is 11.8 Å². The van der Waals surface area contributed by atoms with Crippen molar-refractivity contribution >= 4 is 23.6 Å². The number of ether oxygens (including phenoxy) is 1.